The van der Waals surface area contributed by atoms with Gasteiger partial charge >= 0.3 is 0 Å². The van der Waals surface area contributed by atoms with Crippen molar-refractivity contribution in [2.24, 2.45) is 0 Å². The summed E-state index contributed by atoms with van der Waals surface area (Å²) >= 11 is 3.15. The maximum atomic E-state index is 13.2. The van der Waals surface area contributed by atoms with Crippen molar-refractivity contribution in [1.82, 2.24) is 20.3 Å². The molecule has 0 bridgehead atoms. The van der Waals surface area contributed by atoms with Gasteiger partial charge in [0.25, 0.3) is 0 Å². The number of fused-ring (bicyclic) bond motifs is 5. The summed E-state index contributed by atoms with van der Waals surface area (Å²) in [5.41, 5.74) is 7.27. The van der Waals surface area contributed by atoms with Crippen molar-refractivity contribution in [2.45, 2.75) is 56.5 Å². The molecule has 1 aliphatic rings. The Morgan fingerprint density at radius 1 is 1.00 bits per heavy atom. The zero-order chi connectivity index (χ0) is 25.9. The van der Waals surface area contributed by atoms with E-state index in [1.807, 2.05) is 36.4 Å². The zero-order valence-electron chi connectivity index (χ0n) is 21.4. The van der Waals surface area contributed by atoms with Gasteiger partial charge in [-0.15, -0.1) is 11.3 Å². The minimum Gasteiger partial charge on any atom is -0.344 e. The molecule has 3 heterocycles. The van der Waals surface area contributed by atoms with Gasteiger partial charge in [0.1, 0.15) is 16.2 Å². The second kappa shape index (κ2) is 11.2. The van der Waals surface area contributed by atoms with Crippen molar-refractivity contribution in [2.75, 3.05) is 5.75 Å². The first-order chi connectivity index (χ1) is 18.7. The molecule has 5 nitrogen and oxygen atoms in total. The summed E-state index contributed by atoms with van der Waals surface area (Å²) in [5, 5.41) is 5.30. The van der Waals surface area contributed by atoms with Gasteiger partial charge in [0.05, 0.1) is 22.0 Å². The maximum absolute atomic E-state index is 13.2. The molecule has 0 atom stereocenters. The molecule has 0 unspecified atom stereocenters. The first-order valence-electron chi connectivity index (χ1n) is 13.3. The molecule has 0 spiro atoms. The monoisotopic (exact) mass is 538 g/mol. The van der Waals surface area contributed by atoms with Gasteiger partial charge in [-0.25, -0.2) is 15.0 Å². The van der Waals surface area contributed by atoms with Crippen LogP contribution in [0.2, 0.25) is 0 Å². The molecular formula is C31H30N4OS2. The summed E-state index contributed by atoms with van der Waals surface area (Å²) in [6.07, 6.45) is 8.41. The summed E-state index contributed by atoms with van der Waals surface area (Å²) in [7, 11) is 0. The summed E-state index contributed by atoms with van der Waals surface area (Å²) in [6.45, 7) is 2.23. The van der Waals surface area contributed by atoms with E-state index in [9.17, 15) is 4.79 Å². The van der Waals surface area contributed by atoms with Crippen LogP contribution in [0.3, 0.4) is 0 Å². The highest BCUT2D eigenvalue weighted by atomic mass is 32.2. The lowest BCUT2D eigenvalue weighted by atomic mass is 9.99. The Hall–Kier alpha value is -3.29. The molecule has 0 aliphatic heterocycles. The number of unbranched alkanes of at least 4 members (excludes halogenated alkanes) is 1. The second-order valence-electron chi connectivity index (χ2n) is 9.72. The summed E-state index contributed by atoms with van der Waals surface area (Å²) in [5.74, 6) is 0.255. The summed E-state index contributed by atoms with van der Waals surface area (Å²) in [4.78, 5) is 28.7. The van der Waals surface area contributed by atoms with Gasteiger partial charge in [0.2, 0.25) is 5.91 Å². The number of carbonyl (C=O) groups is 1. The van der Waals surface area contributed by atoms with Crippen LogP contribution in [0.25, 0.3) is 20.4 Å². The molecule has 0 saturated heterocycles. The topological polar surface area (TPSA) is 67.8 Å². The minimum atomic E-state index is -0.200. The summed E-state index contributed by atoms with van der Waals surface area (Å²) in [6, 6.07) is 20.0. The Kier molecular flexibility index (Phi) is 7.38. The van der Waals surface area contributed by atoms with Crippen LogP contribution < -0.4 is 5.32 Å². The van der Waals surface area contributed by atoms with Crippen LogP contribution in [0.4, 0.5) is 0 Å². The smallest absolute Gasteiger partial charge is 0.231 e. The minimum absolute atomic E-state index is 0.0264. The van der Waals surface area contributed by atoms with E-state index >= 15 is 0 Å². The number of nitrogens with one attached hydrogen (secondary N) is 1. The molecule has 0 fully saturated rings. The van der Waals surface area contributed by atoms with Gasteiger partial charge in [-0.05, 0) is 54.4 Å². The van der Waals surface area contributed by atoms with Gasteiger partial charge in [0.15, 0.2) is 0 Å². The molecule has 1 amide bonds. The van der Waals surface area contributed by atoms with Gasteiger partial charge < -0.3 is 5.32 Å². The Bertz CT molecular complexity index is 1540. The van der Waals surface area contributed by atoms with Crippen LogP contribution in [0.15, 0.2) is 72.0 Å². The van der Waals surface area contributed by atoms with Crippen LogP contribution in [0.5, 0.6) is 0 Å². The first-order valence-corrected chi connectivity index (χ1v) is 15.1. The average molecular weight is 539 g/mol. The van der Waals surface area contributed by atoms with Crippen LogP contribution >= 0.6 is 23.1 Å². The average Bonchev–Trinajstić information content (AvgIpc) is 3.59. The third-order valence-electron chi connectivity index (χ3n) is 7.20. The van der Waals surface area contributed by atoms with E-state index in [1.165, 1.54) is 53.2 Å². The fraction of sp³-hybridized carbons (Fsp3) is 0.290. The van der Waals surface area contributed by atoms with Crippen LogP contribution in [-0.2, 0) is 24.1 Å². The van der Waals surface area contributed by atoms with E-state index in [0.29, 0.717) is 0 Å². The van der Waals surface area contributed by atoms with Crippen molar-refractivity contribution in [1.29, 1.82) is 0 Å². The molecule has 192 valence electrons. The maximum Gasteiger partial charge on any atom is 0.231 e. The molecule has 6 rings (SSSR count). The van der Waals surface area contributed by atoms with Crippen LogP contribution in [0.1, 0.15) is 60.2 Å². The Balaban J connectivity index is 1.27. The third-order valence-corrected chi connectivity index (χ3v) is 9.40. The van der Waals surface area contributed by atoms with Crippen molar-refractivity contribution in [3.63, 3.8) is 0 Å². The van der Waals surface area contributed by atoms with E-state index in [2.05, 4.69) is 41.5 Å². The molecule has 7 heteroatoms. The van der Waals surface area contributed by atoms with E-state index in [1.54, 1.807) is 17.7 Å². The number of benzene rings is 2. The first kappa shape index (κ1) is 25.0. The molecule has 2 aromatic carbocycles. The fourth-order valence-electron chi connectivity index (χ4n) is 5.40. The van der Waals surface area contributed by atoms with Gasteiger partial charge in [-0.2, -0.15) is 0 Å². The normalized spacial score (nSPS) is 12.9. The van der Waals surface area contributed by atoms with Gasteiger partial charge in [-0.1, -0.05) is 85.8 Å². The largest absolute Gasteiger partial charge is 0.344 e. The van der Waals surface area contributed by atoms with Crippen molar-refractivity contribution in [3.8, 4) is 0 Å². The molecule has 3 aromatic heterocycles. The van der Waals surface area contributed by atoms with E-state index in [4.69, 9.17) is 9.97 Å². The zero-order valence-corrected chi connectivity index (χ0v) is 23.1. The molecule has 0 saturated carbocycles. The van der Waals surface area contributed by atoms with Crippen LogP contribution in [-0.4, -0.2) is 26.6 Å². The molecule has 0 radical (unpaired) electrons. The lowest BCUT2D eigenvalue weighted by Gasteiger charge is -2.19. The Labute approximate surface area is 231 Å². The van der Waals surface area contributed by atoms with Crippen molar-refractivity contribution >= 4 is 49.4 Å². The van der Waals surface area contributed by atoms with Crippen molar-refractivity contribution < 1.29 is 4.79 Å². The Morgan fingerprint density at radius 3 is 2.42 bits per heavy atom. The number of nitrogens with zero attached hydrogens (tertiary/aromatic N) is 3. The lowest BCUT2D eigenvalue weighted by Crippen LogP contribution is -2.30. The molecule has 38 heavy (non-hydrogen) atoms. The number of hydrogen-bond donors (Lipinski definition) is 1. The highest BCUT2D eigenvalue weighted by molar-refractivity contribution is 8.00. The predicted octanol–water partition coefficient (Wildman–Crippen LogP) is 7.07. The van der Waals surface area contributed by atoms with Gasteiger partial charge in [-0.3, -0.25) is 4.79 Å². The number of thioether (sulfide) groups is 1. The molecule has 5 aromatic rings. The standard InChI is InChI=1S/C31H30N4OS2/c1-2-3-17-24-22-15-10-16-23(22)26-28-29(38-30(26)34-24)31(33-19-32-28)37-18-25(36)35-27(20-11-6-4-7-12-20)21-13-8-5-9-14-21/h4-9,11-14,19,27H,2-3,10,15-18H2,1H3,(H,35,36). The van der Waals surface area contributed by atoms with Gasteiger partial charge in [0, 0.05) is 11.1 Å². The highest BCUT2D eigenvalue weighted by Gasteiger charge is 2.24. The Morgan fingerprint density at radius 2 is 1.71 bits per heavy atom. The second-order valence-corrected chi connectivity index (χ2v) is 11.7. The predicted molar refractivity (Wildman–Crippen MR) is 157 cm³/mol. The number of aromatic nitrogens is 3. The molecular weight excluding hydrogens is 509 g/mol. The van der Waals surface area contributed by atoms with E-state index in [-0.39, 0.29) is 17.7 Å². The number of hydrogen-bond acceptors (Lipinski definition) is 6. The van der Waals surface area contributed by atoms with Crippen molar-refractivity contribution in [3.05, 3.63) is 94.9 Å². The molecule has 1 N–H and O–H groups in total. The third kappa shape index (κ3) is 4.93. The quantitative estimate of drug-likeness (QED) is 0.161. The lowest BCUT2D eigenvalue weighted by molar-refractivity contribution is -0.119. The van der Waals surface area contributed by atoms with E-state index in [0.717, 1.165) is 50.5 Å². The number of pyridine rings is 1. The number of aryl methyl sites for hydroxylation is 2. The van der Waals surface area contributed by atoms with Crippen LogP contribution in [0, 0.1) is 0 Å². The summed E-state index contributed by atoms with van der Waals surface area (Å²) < 4.78 is 1.04. The number of amides is 1. The fourth-order valence-corrected chi connectivity index (χ4v) is 7.46. The highest BCUT2D eigenvalue weighted by Crippen LogP contribution is 2.42. The number of rotatable bonds is 9. The molecule has 1 aliphatic carbocycles. The number of thiophene rings is 1. The SMILES string of the molecule is CCCCc1nc2sc3c(SCC(=O)NC(c4ccccc4)c4ccccc4)ncnc3c2c2c1CCC2. The van der Waals surface area contributed by atoms with E-state index < -0.39 is 0 Å². The number of carbonyl (C=O) groups excluding carboxylic acids is 1.